The van der Waals surface area contributed by atoms with Crippen molar-refractivity contribution in [2.24, 2.45) is 0 Å². The summed E-state index contributed by atoms with van der Waals surface area (Å²) in [5.41, 5.74) is 2.32. The SMILES string of the molecule is COc1ccccc1CCNC(=O)NC(C)Oc1ccc(C(C)C)cc1. The molecule has 0 aliphatic heterocycles. The number of amides is 2. The van der Waals surface area contributed by atoms with E-state index in [4.69, 9.17) is 9.47 Å². The number of benzene rings is 2. The summed E-state index contributed by atoms with van der Waals surface area (Å²) in [6, 6.07) is 15.5. The molecular formula is C21H28N2O3. The maximum atomic E-state index is 12.0. The first-order valence-corrected chi connectivity index (χ1v) is 8.92. The lowest BCUT2D eigenvalue weighted by molar-refractivity contribution is 0.177. The Balaban J connectivity index is 1.74. The maximum Gasteiger partial charge on any atom is 0.317 e. The topological polar surface area (TPSA) is 59.6 Å². The highest BCUT2D eigenvalue weighted by molar-refractivity contribution is 5.74. The van der Waals surface area contributed by atoms with Crippen LogP contribution in [0.5, 0.6) is 11.5 Å². The van der Waals surface area contributed by atoms with Crippen LogP contribution >= 0.6 is 0 Å². The molecule has 1 atom stereocenters. The molecule has 0 heterocycles. The Labute approximate surface area is 155 Å². The number of ether oxygens (including phenoxy) is 2. The smallest absolute Gasteiger partial charge is 0.317 e. The number of urea groups is 1. The van der Waals surface area contributed by atoms with Crippen LogP contribution in [0.4, 0.5) is 4.79 Å². The molecule has 2 aromatic carbocycles. The van der Waals surface area contributed by atoms with Crippen LogP contribution in [0.2, 0.25) is 0 Å². The van der Waals surface area contributed by atoms with Gasteiger partial charge in [0.15, 0.2) is 6.23 Å². The minimum Gasteiger partial charge on any atom is -0.496 e. The Morgan fingerprint density at radius 2 is 1.73 bits per heavy atom. The number of rotatable bonds is 8. The van der Waals surface area contributed by atoms with Crippen LogP contribution in [-0.4, -0.2) is 25.9 Å². The molecule has 1 unspecified atom stereocenters. The summed E-state index contributed by atoms with van der Waals surface area (Å²) in [5.74, 6) is 2.04. The summed E-state index contributed by atoms with van der Waals surface area (Å²) in [6.07, 6.45) is 0.273. The molecule has 140 valence electrons. The molecular weight excluding hydrogens is 328 g/mol. The molecule has 0 bridgehead atoms. The number of nitrogens with one attached hydrogen (secondary N) is 2. The molecule has 2 N–H and O–H groups in total. The third kappa shape index (κ3) is 5.99. The van der Waals surface area contributed by atoms with Crippen molar-refractivity contribution < 1.29 is 14.3 Å². The average molecular weight is 356 g/mol. The number of para-hydroxylation sites is 1. The van der Waals surface area contributed by atoms with Crippen LogP contribution in [0.25, 0.3) is 0 Å². The van der Waals surface area contributed by atoms with Crippen molar-refractivity contribution in [3.8, 4) is 11.5 Å². The van der Waals surface area contributed by atoms with Crippen LogP contribution in [-0.2, 0) is 6.42 Å². The van der Waals surface area contributed by atoms with Crippen LogP contribution in [0.3, 0.4) is 0 Å². The molecule has 0 aliphatic carbocycles. The third-order valence-corrected chi connectivity index (χ3v) is 4.07. The van der Waals surface area contributed by atoms with Crippen molar-refractivity contribution in [1.29, 1.82) is 0 Å². The second-order valence-electron chi connectivity index (χ2n) is 6.45. The first kappa shape index (κ1) is 19.6. The Morgan fingerprint density at radius 1 is 1.04 bits per heavy atom. The Kier molecular flexibility index (Phi) is 7.33. The molecule has 0 radical (unpaired) electrons. The molecule has 0 spiro atoms. The van der Waals surface area contributed by atoms with E-state index in [0.717, 1.165) is 17.1 Å². The van der Waals surface area contributed by atoms with E-state index in [0.29, 0.717) is 18.9 Å². The Morgan fingerprint density at radius 3 is 2.38 bits per heavy atom. The highest BCUT2D eigenvalue weighted by atomic mass is 16.5. The zero-order valence-corrected chi connectivity index (χ0v) is 15.9. The zero-order valence-electron chi connectivity index (χ0n) is 15.9. The fourth-order valence-corrected chi connectivity index (χ4v) is 2.62. The molecule has 0 fully saturated rings. The highest BCUT2D eigenvalue weighted by Gasteiger charge is 2.09. The molecule has 2 amide bonds. The van der Waals surface area contributed by atoms with Gasteiger partial charge in [-0.25, -0.2) is 4.79 Å². The Hall–Kier alpha value is -2.69. The van der Waals surface area contributed by atoms with Gasteiger partial charge in [-0.2, -0.15) is 0 Å². The third-order valence-electron chi connectivity index (χ3n) is 4.07. The first-order valence-electron chi connectivity index (χ1n) is 8.92. The maximum absolute atomic E-state index is 12.0. The molecule has 0 saturated carbocycles. The van der Waals surface area contributed by atoms with Crippen molar-refractivity contribution in [2.75, 3.05) is 13.7 Å². The molecule has 2 rings (SSSR count). The summed E-state index contributed by atoms with van der Waals surface area (Å²) in [6.45, 7) is 6.61. The predicted octanol–water partition coefficient (Wildman–Crippen LogP) is 4.09. The van der Waals surface area contributed by atoms with Gasteiger partial charge in [-0.3, -0.25) is 0 Å². The van der Waals surface area contributed by atoms with Gasteiger partial charge >= 0.3 is 6.03 Å². The summed E-state index contributed by atoms with van der Waals surface area (Å²) >= 11 is 0. The minimum atomic E-state index is -0.425. The molecule has 26 heavy (non-hydrogen) atoms. The highest BCUT2D eigenvalue weighted by Crippen LogP contribution is 2.19. The number of carbonyl (C=O) groups excluding carboxylic acids is 1. The fraction of sp³-hybridized carbons (Fsp3) is 0.381. The summed E-state index contributed by atoms with van der Waals surface area (Å²) in [7, 11) is 1.64. The van der Waals surface area contributed by atoms with Crippen molar-refractivity contribution in [1.82, 2.24) is 10.6 Å². The number of hydrogen-bond acceptors (Lipinski definition) is 3. The molecule has 0 saturated heterocycles. The van der Waals surface area contributed by atoms with Gasteiger partial charge in [0.2, 0.25) is 0 Å². The number of hydrogen-bond donors (Lipinski definition) is 2. The van der Waals surface area contributed by atoms with Crippen LogP contribution in [0, 0.1) is 0 Å². The first-order chi connectivity index (χ1) is 12.5. The molecule has 0 aliphatic rings. The summed E-state index contributed by atoms with van der Waals surface area (Å²) in [5, 5.41) is 5.61. The van der Waals surface area contributed by atoms with Gasteiger partial charge in [0.05, 0.1) is 7.11 Å². The summed E-state index contributed by atoms with van der Waals surface area (Å²) < 4.78 is 11.0. The van der Waals surface area contributed by atoms with Crippen LogP contribution < -0.4 is 20.1 Å². The summed E-state index contributed by atoms with van der Waals surface area (Å²) in [4.78, 5) is 12.0. The molecule has 2 aromatic rings. The van der Waals surface area contributed by atoms with Gasteiger partial charge in [0, 0.05) is 6.54 Å². The van der Waals surface area contributed by atoms with Crippen molar-refractivity contribution in [3.63, 3.8) is 0 Å². The molecule has 5 nitrogen and oxygen atoms in total. The van der Waals surface area contributed by atoms with Gasteiger partial charge in [0.1, 0.15) is 11.5 Å². The van der Waals surface area contributed by atoms with E-state index >= 15 is 0 Å². The van der Waals surface area contributed by atoms with E-state index in [1.54, 1.807) is 14.0 Å². The predicted molar refractivity (Wildman–Crippen MR) is 104 cm³/mol. The van der Waals surface area contributed by atoms with E-state index in [-0.39, 0.29) is 6.03 Å². The van der Waals surface area contributed by atoms with E-state index in [1.165, 1.54) is 5.56 Å². The normalized spacial score (nSPS) is 11.7. The van der Waals surface area contributed by atoms with E-state index < -0.39 is 6.23 Å². The lowest BCUT2D eigenvalue weighted by atomic mass is 10.0. The largest absolute Gasteiger partial charge is 0.496 e. The van der Waals surface area contributed by atoms with Crippen molar-refractivity contribution in [2.45, 2.75) is 39.3 Å². The number of carbonyl (C=O) groups is 1. The van der Waals surface area contributed by atoms with E-state index in [2.05, 4.69) is 24.5 Å². The second kappa shape index (κ2) is 9.70. The lowest BCUT2D eigenvalue weighted by Gasteiger charge is -2.17. The van der Waals surface area contributed by atoms with Gasteiger partial charge in [-0.1, -0.05) is 44.2 Å². The van der Waals surface area contributed by atoms with Crippen LogP contribution in [0.1, 0.15) is 37.8 Å². The Bertz CT molecular complexity index is 699. The molecule has 0 aromatic heterocycles. The standard InChI is InChI=1S/C21H28N2O3/c1-15(2)17-9-11-19(12-10-17)26-16(3)23-21(24)22-14-13-18-7-5-6-8-20(18)25-4/h5-12,15-16H,13-14H2,1-4H3,(H2,22,23,24). The average Bonchev–Trinajstić information content (AvgIpc) is 2.62. The van der Waals surface area contributed by atoms with Crippen molar-refractivity contribution >= 4 is 6.03 Å². The van der Waals surface area contributed by atoms with Gasteiger partial charge in [-0.05, 0) is 48.6 Å². The fourth-order valence-electron chi connectivity index (χ4n) is 2.62. The molecule has 5 heteroatoms. The van der Waals surface area contributed by atoms with E-state index in [1.807, 2.05) is 48.5 Å². The van der Waals surface area contributed by atoms with E-state index in [9.17, 15) is 4.79 Å². The minimum absolute atomic E-state index is 0.258. The quantitative estimate of drug-likeness (QED) is 0.701. The lowest BCUT2D eigenvalue weighted by Crippen LogP contribution is -2.43. The van der Waals surface area contributed by atoms with Crippen molar-refractivity contribution in [3.05, 3.63) is 59.7 Å². The number of methoxy groups -OCH3 is 1. The zero-order chi connectivity index (χ0) is 18.9. The monoisotopic (exact) mass is 356 g/mol. The van der Waals surface area contributed by atoms with Gasteiger partial charge in [0.25, 0.3) is 0 Å². The second-order valence-corrected chi connectivity index (χ2v) is 6.45. The van der Waals surface area contributed by atoms with Gasteiger partial charge < -0.3 is 20.1 Å². The van der Waals surface area contributed by atoms with Crippen LogP contribution in [0.15, 0.2) is 48.5 Å². The van der Waals surface area contributed by atoms with Gasteiger partial charge in [-0.15, -0.1) is 0 Å².